The van der Waals surface area contributed by atoms with Crippen LogP contribution in [0, 0.1) is 13.8 Å². The number of hydrogen-bond acceptors (Lipinski definition) is 5. The quantitative estimate of drug-likeness (QED) is 0.282. The maximum atomic E-state index is 13.2. The van der Waals surface area contributed by atoms with E-state index in [2.05, 4.69) is 9.97 Å². The van der Waals surface area contributed by atoms with Gasteiger partial charge in [0.25, 0.3) is 5.56 Å². The van der Waals surface area contributed by atoms with Gasteiger partial charge in [0, 0.05) is 11.8 Å². The van der Waals surface area contributed by atoms with E-state index in [0.29, 0.717) is 27.4 Å². The van der Waals surface area contributed by atoms with E-state index in [-0.39, 0.29) is 17.1 Å². The van der Waals surface area contributed by atoms with Gasteiger partial charge in [-0.05, 0) is 43.7 Å². The van der Waals surface area contributed by atoms with Gasteiger partial charge in [-0.25, -0.2) is 14.5 Å². The number of pyridine rings is 1. The summed E-state index contributed by atoms with van der Waals surface area (Å²) in [5.74, 6) is 0.666. The Morgan fingerprint density at radius 2 is 1.76 bits per heavy atom. The fourth-order valence-corrected chi connectivity index (χ4v) is 3.90. The van der Waals surface area contributed by atoms with Crippen molar-refractivity contribution in [2.75, 3.05) is 5.75 Å². The number of benzene rings is 2. The summed E-state index contributed by atoms with van der Waals surface area (Å²) in [6, 6.07) is 18.4. The average molecular weight is 401 g/mol. The summed E-state index contributed by atoms with van der Waals surface area (Å²) in [7, 11) is 0. The van der Waals surface area contributed by atoms with E-state index in [1.807, 2.05) is 62.4 Å². The number of carbonyl (C=O) groups excluding carboxylic acids is 1. The zero-order valence-electron chi connectivity index (χ0n) is 16.1. The summed E-state index contributed by atoms with van der Waals surface area (Å²) in [6.45, 7) is 3.92. The molecule has 2 aromatic carbocycles. The zero-order valence-corrected chi connectivity index (χ0v) is 16.9. The lowest BCUT2D eigenvalue weighted by atomic mass is 10.1. The van der Waals surface area contributed by atoms with Crippen molar-refractivity contribution in [1.29, 1.82) is 0 Å². The van der Waals surface area contributed by atoms with Crippen molar-refractivity contribution >= 4 is 28.4 Å². The second kappa shape index (κ2) is 8.01. The average Bonchev–Trinajstić information content (AvgIpc) is 2.72. The molecule has 0 spiro atoms. The van der Waals surface area contributed by atoms with Crippen LogP contribution in [0.1, 0.15) is 21.5 Å². The number of fused-ring (bicyclic) bond motifs is 1. The molecule has 0 N–H and O–H groups in total. The van der Waals surface area contributed by atoms with Crippen LogP contribution in [0.2, 0.25) is 0 Å². The Kier molecular flexibility index (Phi) is 5.27. The van der Waals surface area contributed by atoms with Gasteiger partial charge in [-0.2, -0.15) is 0 Å². The molecule has 4 rings (SSSR count). The number of para-hydroxylation sites is 1. The molecule has 0 bridgehead atoms. The molecule has 6 heteroatoms. The number of hydrogen-bond donors (Lipinski definition) is 0. The van der Waals surface area contributed by atoms with Gasteiger partial charge in [0.15, 0.2) is 10.9 Å². The standard InChI is InChI=1S/C23H19N3O2S/c1-15-7-9-17(10-8-15)20(27)14-29-23-25-19-6-4-3-5-18(19)22(28)26(23)21-13-16(2)11-12-24-21/h3-13H,14H2,1-2H3. The van der Waals surface area contributed by atoms with Crippen LogP contribution < -0.4 is 5.56 Å². The number of nitrogens with zero attached hydrogens (tertiary/aromatic N) is 3. The lowest BCUT2D eigenvalue weighted by molar-refractivity contribution is 0.102. The molecule has 0 aliphatic heterocycles. The van der Waals surface area contributed by atoms with Gasteiger partial charge in [-0.3, -0.25) is 9.59 Å². The predicted octanol–water partition coefficient (Wildman–Crippen LogP) is 4.37. The summed E-state index contributed by atoms with van der Waals surface area (Å²) < 4.78 is 1.49. The fraction of sp³-hybridized carbons (Fsp3) is 0.130. The van der Waals surface area contributed by atoms with Crippen LogP contribution in [-0.4, -0.2) is 26.1 Å². The Morgan fingerprint density at radius 1 is 1.00 bits per heavy atom. The summed E-state index contributed by atoms with van der Waals surface area (Å²) in [4.78, 5) is 34.8. The highest BCUT2D eigenvalue weighted by molar-refractivity contribution is 7.99. The highest BCUT2D eigenvalue weighted by Crippen LogP contribution is 2.22. The molecule has 0 saturated heterocycles. The van der Waals surface area contributed by atoms with Crippen molar-refractivity contribution in [3.8, 4) is 5.82 Å². The normalized spacial score (nSPS) is 11.0. The Labute approximate surface area is 172 Å². The molecule has 0 atom stereocenters. The Hall–Kier alpha value is -3.25. The van der Waals surface area contributed by atoms with Gasteiger partial charge in [-0.1, -0.05) is 53.7 Å². The second-order valence-corrected chi connectivity index (χ2v) is 7.76. The number of rotatable bonds is 5. The van der Waals surface area contributed by atoms with Gasteiger partial charge in [0.05, 0.1) is 16.7 Å². The highest BCUT2D eigenvalue weighted by atomic mass is 32.2. The summed E-state index contributed by atoms with van der Waals surface area (Å²) in [6.07, 6.45) is 1.66. The molecule has 4 aromatic rings. The van der Waals surface area contributed by atoms with Crippen LogP contribution in [-0.2, 0) is 0 Å². The second-order valence-electron chi connectivity index (χ2n) is 6.82. The third kappa shape index (κ3) is 3.98. The van der Waals surface area contributed by atoms with Crippen LogP contribution in [0.25, 0.3) is 16.7 Å². The molecule has 2 aromatic heterocycles. The molecular formula is C23H19N3O2S. The topological polar surface area (TPSA) is 64.8 Å². The Bertz CT molecular complexity index is 1260. The predicted molar refractivity (Wildman–Crippen MR) is 116 cm³/mol. The molecule has 0 amide bonds. The molecule has 5 nitrogen and oxygen atoms in total. The van der Waals surface area contributed by atoms with Crippen molar-refractivity contribution in [1.82, 2.24) is 14.5 Å². The van der Waals surface area contributed by atoms with Gasteiger partial charge >= 0.3 is 0 Å². The minimum absolute atomic E-state index is 0.0128. The molecular weight excluding hydrogens is 382 g/mol. The monoisotopic (exact) mass is 401 g/mol. The van der Waals surface area contributed by atoms with Gasteiger partial charge in [0.2, 0.25) is 0 Å². The first kappa shape index (κ1) is 19.1. The first-order valence-electron chi connectivity index (χ1n) is 9.20. The van der Waals surface area contributed by atoms with E-state index in [1.165, 1.54) is 16.3 Å². The molecule has 0 fully saturated rings. The van der Waals surface area contributed by atoms with Crippen molar-refractivity contribution in [3.05, 3.63) is 93.9 Å². The van der Waals surface area contributed by atoms with Crippen LogP contribution in [0.15, 0.2) is 76.8 Å². The van der Waals surface area contributed by atoms with Crippen molar-refractivity contribution in [2.45, 2.75) is 19.0 Å². The van der Waals surface area contributed by atoms with Crippen LogP contribution in [0.3, 0.4) is 0 Å². The smallest absolute Gasteiger partial charge is 0.267 e. The summed E-state index contributed by atoms with van der Waals surface area (Å²) >= 11 is 1.25. The first-order valence-corrected chi connectivity index (χ1v) is 10.2. The molecule has 144 valence electrons. The van der Waals surface area contributed by atoms with E-state index in [0.717, 1.165) is 11.1 Å². The van der Waals surface area contributed by atoms with E-state index in [9.17, 15) is 9.59 Å². The molecule has 0 aliphatic carbocycles. The SMILES string of the molecule is Cc1ccc(C(=O)CSc2nc3ccccc3c(=O)n2-c2cc(C)ccn2)cc1. The number of Topliss-reactive ketones (excluding diaryl/α,β-unsaturated/α-hetero) is 1. The van der Waals surface area contributed by atoms with Gasteiger partial charge < -0.3 is 0 Å². The minimum Gasteiger partial charge on any atom is -0.293 e. The van der Waals surface area contributed by atoms with Crippen molar-refractivity contribution in [3.63, 3.8) is 0 Å². The molecule has 0 saturated carbocycles. The highest BCUT2D eigenvalue weighted by Gasteiger charge is 2.16. The number of aryl methyl sites for hydroxylation is 2. The molecule has 0 unspecified atom stereocenters. The molecule has 0 aliphatic rings. The molecule has 2 heterocycles. The summed E-state index contributed by atoms with van der Waals surface area (Å²) in [5, 5.41) is 0.970. The third-order valence-corrected chi connectivity index (χ3v) is 5.52. The van der Waals surface area contributed by atoms with E-state index in [1.54, 1.807) is 18.3 Å². The van der Waals surface area contributed by atoms with Crippen molar-refractivity contribution < 1.29 is 4.79 Å². The van der Waals surface area contributed by atoms with Crippen LogP contribution in [0.4, 0.5) is 0 Å². The summed E-state index contributed by atoms with van der Waals surface area (Å²) in [5.41, 5.74) is 3.14. The van der Waals surface area contributed by atoms with E-state index < -0.39 is 0 Å². The van der Waals surface area contributed by atoms with Crippen LogP contribution in [0.5, 0.6) is 0 Å². The van der Waals surface area contributed by atoms with Gasteiger partial charge in [-0.15, -0.1) is 0 Å². The molecule has 29 heavy (non-hydrogen) atoms. The van der Waals surface area contributed by atoms with Gasteiger partial charge in [0.1, 0.15) is 5.82 Å². The largest absolute Gasteiger partial charge is 0.293 e. The third-order valence-electron chi connectivity index (χ3n) is 4.58. The molecule has 0 radical (unpaired) electrons. The fourth-order valence-electron chi connectivity index (χ4n) is 3.01. The minimum atomic E-state index is -0.195. The number of thioether (sulfide) groups is 1. The lowest BCUT2D eigenvalue weighted by Gasteiger charge is -2.12. The maximum absolute atomic E-state index is 13.2. The maximum Gasteiger partial charge on any atom is 0.267 e. The number of ketones is 1. The van der Waals surface area contributed by atoms with Crippen molar-refractivity contribution in [2.24, 2.45) is 0 Å². The Morgan fingerprint density at radius 3 is 2.52 bits per heavy atom. The Balaban J connectivity index is 1.76. The van der Waals surface area contributed by atoms with E-state index >= 15 is 0 Å². The van der Waals surface area contributed by atoms with Crippen LogP contribution >= 0.6 is 11.8 Å². The van der Waals surface area contributed by atoms with E-state index in [4.69, 9.17) is 0 Å². The lowest BCUT2D eigenvalue weighted by Crippen LogP contribution is -2.23. The number of aromatic nitrogens is 3. The zero-order chi connectivity index (χ0) is 20.4. The first-order chi connectivity index (χ1) is 14.0. The number of carbonyl (C=O) groups is 1.